The Labute approximate surface area is 83.9 Å². The van der Waals surface area contributed by atoms with E-state index in [1.54, 1.807) is 5.56 Å². The van der Waals surface area contributed by atoms with Crippen LogP contribution < -0.4 is 15.9 Å². The lowest BCUT2D eigenvalue weighted by molar-refractivity contribution is 0.607. The van der Waals surface area contributed by atoms with Crippen molar-refractivity contribution in [2.75, 3.05) is 6.54 Å². The lowest BCUT2D eigenvalue weighted by Gasteiger charge is -2.14. The lowest BCUT2D eigenvalue weighted by atomic mass is 10.0. The van der Waals surface area contributed by atoms with Crippen LogP contribution in [0.1, 0.15) is 24.1 Å². The molecule has 0 atom stereocenters. The molecule has 3 rings (SSSR count). The van der Waals surface area contributed by atoms with Crippen LogP contribution in [-0.4, -0.2) is 11.1 Å². The number of aromatic nitrogens is 1. The molecule has 0 radical (unpaired) electrons. The average molecular weight is 188 g/mol. The quantitative estimate of drug-likeness (QED) is 0.607. The second kappa shape index (κ2) is 2.99. The zero-order valence-corrected chi connectivity index (χ0v) is 8.64. The highest BCUT2D eigenvalue weighted by molar-refractivity contribution is 5.43. The summed E-state index contributed by atoms with van der Waals surface area (Å²) in [4.78, 5) is 0. The zero-order chi connectivity index (χ0) is 9.54. The third kappa shape index (κ3) is 1.01. The van der Waals surface area contributed by atoms with Crippen LogP contribution in [0.4, 0.5) is 0 Å². The van der Waals surface area contributed by atoms with Crippen LogP contribution in [-0.2, 0) is 20.0 Å². The summed E-state index contributed by atoms with van der Waals surface area (Å²) in [6, 6.07) is 0. The molecule has 0 fully saturated rings. The molecule has 1 N–H and O–H groups in total. The van der Waals surface area contributed by atoms with Crippen LogP contribution in [0, 0.1) is 0 Å². The number of fused-ring (bicyclic) bond motifs is 3. The van der Waals surface area contributed by atoms with E-state index in [2.05, 4.69) is 29.1 Å². The van der Waals surface area contributed by atoms with Crippen LogP contribution in [0.15, 0.2) is 0 Å². The largest absolute Gasteiger partial charge is 0.346 e. The van der Waals surface area contributed by atoms with Crippen molar-refractivity contribution < 1.29 is 0 Å². The van der Waals surface area contributed by atoms with Gasteiger partial charge in [0.2, 0.25) is 0 Å². The summed E-state index contributed by atoms with van der Waals surface area (Å²) in [6.07, 6.45) is 8.42. The van der Waals surface area contributed by atoms with Crippen LogP contribution in [0.5, 0.6) is 0 Å². The molecule has 1 aromatic rings. The number of hydrogen-bond acceptors (Lipinski definition) is 1. The van der Waals surface area contributed by atoms with E-state index in [1.807, 2.05) is 0 Å². The van der Waals surface area contributed by atoms with E-state index in [1.165, 1.54) is 35.5 Å². The molecule has 0 bridgehead atoms. The number of nitrogens with zero attached hydrogens (tertiary/aromatic N) is 1. The molecule has 0 aromatic carbocycles. The van der Waals surface area contributed by atoms with E-state index in [4.69, 9.17) is 0 Å². The van der Waals surface area contributed by atoms with Crippen molar-refractivity contribution in [2.45, 2.75) is 25.8 Å². The zero-order valence-electron chi connectivity index (χ0n) is 8.64. The van der Waals surface area contributed by atoms with Crippen LogP contribution in [0.2, 0.25) is 0 Å². The molecular weight excluding hydrogens is 172 g/mol. The van der Waals surface area contributed by atoms with Gasteiger partial charge >= 0.3 is 0 Å². The Bertz CT molecular complexity index is 479. The van der Waals surface area contributed by atoms with Gasteiger partial charge in [-0.25, -0.2) is 0 Å². The van der Waals surface area contributed by atoms with Crippen molar-refractivity contribution in [2.24, 2.45) is 7.05 Å². The molecule has 74 valence electrons. The monoisotopic (exact) mass is 188 g/mol. The molecule has 0 saturated heterocycles. The molecule has 2 aliphatic rings. The van der Waals surface area contributed by atoms with Crippen molar-refractivity contribution in [1.29, 1.82) is 0 Å². The highest BCUT2D eigenvalue weighted by atomic mass is 15.0. The standard InChI is InChI=1S/C12H16N2/c1-14-11-5-3-2-4-9(11)10-6-7-13-8-12(10)14/h4-5,13H,2-3,6-8H2,1H3. The van der Waals surface area contributed by atoms with Gasteiger partial charge in [0, 0.05) is 24.6 Å². The molecule has 0 saturated carbocycles. The fourth-order valence-electron chi connectivity index (χ4n) is 2.69. The van der Waals surface area contributed by atoms with E-state index in [9.17, 15) is 0 Å². The molecule has 2 heteroatoms. The minimum Gasteiger partial charge on any atom is -0.346 e. The van der Waals surface area contributed by atoms with Crippen molar-refractivity contribution >= 4 is 12.2 Å². The summed E-state index contributed by atoms with van der Waals surface area (Å²) in [7, 11) is 2.19. The maximum absolute atomic E-state index is 3.44. The highest BCUT2D eigenvalue weighted by Crippen LogP contribution is 2.09. The summed E-state index contributed by atoms with van der Waals surface area (Å²) < 4.78 is 2.37. The Kier molecular flexibility index (Phi) is 1.77. The summed E-state index contributed by atoms with van der Waals surface area (Å²) in [5.41, 5.74) is 3.09. The lowest BCUT2D eigenvalue weighted by Crippen LogP contribution is -2.31. The number of hydrogen-bond donors (Lipinski definition) is 1. The summed E-state index contributed by atoms with van der Waals surface area (Å²) in [5.74, 6) is 0. The van der Waals surface area contributed by atoms with E-state index in [-0.39, 0.29) is 0 Å². The van der Waals surface area contributed by atoms with Gasteiger partial charge < -0.3 is 9.88 Å². The second-order valence-electron chi connectivity index (χ2n) is 4.20. The Morgan fingerprint density at radius 1 is 1.29 bits per heavy atom. The molecule has 0 unspecified atom stereocenters. The normalized spacial score (nSPS) is 19.2. The summed E-state index contributed by atoms with van der Waals surface area (Å²) in [5, 5.41) is 6.41. The Morgan fingerprint density at radius 3 is 3.07 bits per heavy atom. The van der Waals surface area contributed by atoms with Gasteiger partial charge in [-0.05, 0) is 36.6 Å². The summed E-state index contributed by atoms with van der Waals surface area (Å²) in [6.45, 7) is 2.18. The van der Waals surface area contributed by atoms with Gasteiger partial charge in [-0.15, -0.1) is 0 Å². The third-order valence-corrected chi connectivity index (χ3v) is 3.41. The smallest absolute Gasteiger partial charge is 0.0439 e. The van der Waals surface area contributed by atoms with Gasteiger partial charge in [0.1, 0.15) is 0 Å². The van der Waals surface area contributed by atoms with Gasteiger partial charge in [0.05, 0.1) is 0 Å². The van der Waals surface area contributed by atoms with Crippen molar-refractivity contribution in [3.8, 4) is 0 Å². The van der Waals surface area contributed by atoms with Crippen molar-refractivity contribution in [3.05, 3.63) is 21.8 Å². The first-order valence-corrected chi connectivity index (χ1v) is 5.45. The number of nitrogens with one attached hydrogen (secondary N) is 1. The van der Waals surface area contributed by atoms with Crippen LogP contribution in [0.3, 0.4) is 0 Å². The molecule has 0 spiro atoms. The number of rotatable bonds is 0. The molecule has 1 aliphatic heterocycles. The molecular formula is C12H16N2. The average Bonchev–Trinajstić information content (AvgIpc) is 2.55. The van der Waals surface area contributed by atoms with Gasteiger partial charge in [-0.3, -0.25) is 0 Å². The van der Waals surface area contributed by atoms with Crippen molar-refractivity contribution in [3.63, 3.8) is 0 Å². The highest BCUT2D eigenvalue weighted by Gasteiger charge is 2.16. The fraction of sp³-hybridized carbons (Fsp3) is 0.500. The fourth-order valence-corrected chi connectivity index (χ4v) is 2.69. The van der Waals surface area contributed by atoms with Gasteiger partial charge in [-0.1, -0.05) is 12.2 Å². The first kappa shape index (κ1) is 8.30. The van der Waals surface area contributed by atoms with E-state index < -0.39 is 0 Å². The third-order valence-electron chi connectivity index (χ3n) is 3.41. The Morgan fingerprint density at radius 2 is 2.14 bits per heavy atom. The van der Waals surface area contributed by atoms with Gasteiger partial charge in [-0.2, -0.15) is 0 Å². The maximum Gasteiger partial charge on any atom is 0.0439 e. The summed E-state index contributed by atoms with van der Waals surface area (Å²) >= 11 is 0. The Balaban J connectivity index is 2.39. The van der Waals surface area contributed by atoms with Gasteiger partial charge in [0.15, 0.2) is 0 Å². The molecule has 14 heavy (non-hydrogen) atoms. The Hall–Kier alpha value is -1.02. The predicted molar refractivity (Wildman–Crippen MR) is 58.2 cm³/mol. The maximum atomic E-state index is 3.44. The first-order valence-electron chi connectivity index (χ1n) is 5.45. The molecule has 1 aromatic heterocycles. The van der Waals surface area contributed by atoms with Gasteiger partial charge in [0.25, 0.3) is 0 Å². The second-order valence-corrected chi connectivity index (χ2v) is 4.20. The van der Waals surface area contributed by atoms with E-state index in [0.29, 0.717) is 0 Å². The minimum atomic E-state index is 1.04. The predicted octanol–water partition coefficient (Wildman–Crippen LogP) is 0.0256. The molecule has 1 aliphatic carbocycles. The minimum absolute atomic E-state index is 1.04. The molecule has 0 amide bonds. The molecule has 2 nitrogen and oxygen atoms in total. The topological polar surface area (TPSA) is 17.0 Å². The molecule has 2 heterocycles. The van der Waals surface area contributed by atoms with E-state index >= 15 is 0 Å². The van der Waals surface area contributed by atoms with Crippen LogP contribution in [0.25, 0.3) is 12.2 Å². The SMILES string of the molecule is Cn1c2c(c3c1=CCCC=3)CCNC2. The first-order chi connectivity index (χ1) is 6.88. The van der Waals surface area contributed by atoms with E-state index in [0.717, 1.165) is 13.1 Å². The van der Waals surface area contributed by atoms with Crippen molar-refractivity contribution in [1.82, 2.24) is 9.88 Å². The van der Waals surface area contributed by atoms with Crippen LogP contribution >= 0.6 is 0 Å².